The Hall–Kier alpha value is -0.960. The van der Waals surface area contributed by atoms with Gasteiger partial charge in [-0.3, -0.25) is 4.79 Å². The quantitative estimate of drug-likeness (QED) is 0.803. The first kappa shape index (κ1) is 17.4. The Bertz CT molecular complexity index is 604. The summed E-state index contributed by atoms with van der Waals surface area (Å²) in [5.41, 5.74) is 0. The van der Waals surface area contributed by atoms with E-state index in [-0.39, 0.29) is 18.9 Å². The third-order valence-corrected chi connectivity index (χ3v) is 6.93. The van der Waals surface area contributed by atoms with E-state index in [0.717, 1.165) is 30.6 Å². The first-order chi connectivity index (χ1) is 10.4. The molecular formula is C14H22N2O4S2. The number of aliphatic hydroxyl groups excluding tert-OH is 1. The van der Waals surface area contributed by atoms with E-state index in [1.54, 1.807) is 19.1 Å². The lowest BCUT2D eigenvalue weighted by molar-refractivity contribution is -0.120. The van der Waals surface area contributed by atoms with E-state index in [1.807, 2.05) is 0 Å². The number of aliphatic hydroxyl groups is 1. The van der Waals surface area contributed by atoms with E-state index < -0.39 is 16.1 Å². The number of nitrogens with one attached hydrogen (secondary N) is 1. The van der Waals surface area contributed by atoms with Gasteiger partial charge in [-0.1, -0.05) is 6.42 Å². The van der Waals surface area contributed by atoms with Crippen LogP contribution in [0.1, 0.15) is 31.1 Å². The van der Waals surface area contributed by atoms with Crippen molar-refractivity contribution in [3.63, 3.8) is 0 Å². The van der Waals surface area contributed by atoms with Crippen LogP contribution in [0.2, 0.25) is 0 Å². The van der Waals surface area contributed by atoms with Crippen LogP contribution in [-0.2, 0) is 21.2 Å². The molecule has 124 valence electrons. The van der Waals surface area contributed by atoms with Crippen LogP contribution in [0.4, 0.5) is 0 Å². The van der Waals surface area contributed by atoms with Gasteiger partial charge in [0.05, 0.1) is 12.5 Å². The fraction of sp³-hybridized carbons (Fsp3) is 0.643. The minimum Gasteiger partial charge on any atom is -0.392 e. The number of sulfonamides is 1. The highest BCUT2D eigenvalue weighted by atomic mass is 32.2. The molecule has 1 saturated heterocycles. The third kappa shape index (κ3) is 4.52. The number of nitrogens with zero attached hydrogens (tertiary/aromatic N) is 1. The van der Waals surface area contributed by atoms with Crippen molar-refractivity contribution in [1.82, 2.24) is 9.62 Å². The summed E-state index contributed by atoms with van der Waals surface area (Å²) < 4.78 is 26.8. The lowest BCUT2D eigenvalue weighted by Gasteiger charge is -2.25. The number of piperidine rings is 1. The molecule has 1 aromatic heterocycles. The Morgan fingerprint density at radius 1 is 1.36 bits per heavy atom. The summed E-state index contributed by atoms with van der Waals surface area (Å²) in [7, 11) is -3.42. The van der Waals surface area contributed by atoms with Crippen molar-refractivity contribution in [1.29, 1.82) is 0 Å². The summed E-state index contributed by atoms with van der Waals surface area (Å²) in [5.74, 6) is -0.218. The van der Waals surface area contributed by atoms with Gasteiger partial charge >= 0.3 is 0 Å². The largest absolute Gasteiger partial charge is 0.392 e. The molecule has 2 N–H and O–H groups in total. The highest BCUT2D eigenvalue weighted by Gasteiger charge is 2.27. The molecule has 0 radical (unpaired) electrons. The van der Waals surface area contributed by atoms with Crippen LogP contribution in [0.5, 0.6) is 0 Å². The van der Waals surface area contributed by atoms with E-state index >= 15 is 0 Å². The summed E-state index contributed by atoms with van der Waals surface area (Å²) in [4.78, 5) is 12.4. The van der Waals surface area contributed by atoms with Gasteiger partial charge in [-0.15, -0.1) is 11.3 Å². The molecule has 0 aromatic carbocycles. The van der Waals surface area contributed by atoms with Crippen LogP contribution in [0.3, 0.4) is 0 Å². The zero-order valence-corrected chi connectivity index (χ0v) is 14.3. The Kier molecular flexibility index (Phi) is 5.96. The average Bonchev–Trinajstić information content (AvgIpc) is 2.95. The van der Waals surface area contributed by atoms with Crippen molar-refractivity contribution in [3.8, 4) is 0 Å². The van der Waals surface area contributed by atoms with E-state index in [9.17, 15) is 13.2 Å². The van der Waals surface area contributed by atoms with Gasteiger partial charge in [0.25, 0.3) is 10.0 Å². The monoisotopic (exact) mass is 346 g/mol. The minimum atomic E-state index is -3.42. The molecule has 8 heteroatoms. The topological polar surface area (TPSA) is 86.7 Å². The number of carbonyl (C=O) groups is 1. The van der Waals surface area contributed by atoms with Crippen molar-refractivity contribution in [2.45, 2.75) is 42.9 Å². The molecule has 2 heterocycles. The normalized spacial score (nSPS) is 18.1. The smallest absolute Gasteiger partial charge is 0.252 e. The number of amides is 1. The number of carbonyl (C=O) groups excluding carboxylic acids is 1. The molecule has 0 aliphatic carbocycles. The summed E-state index contributed by atoms with van der Waals surface area (Å²) in [6.45, 7) is 2.94. The molecule has 22 heavy (non-hydrogen) atoms. The summed E-state index contributed by atoms with van der Waals surface area (Å²) in [6, 6.07) is 3.26. The van der Waals surface area contributed by atoms with Gasteiger partial charge in [-0.05, 0) is 31.9 Å². The van der Waals surface area contributed by atoms with Gasteiger partial charge in [0, 0.05) is 24.5 Å². The van der Waals surface area contributed by atoms with Crippen molar-refractivity contribution in [3.05, 3.63) is 17.0 Å². The van der Waals surface area contributed by atoms with Crippen LogP contribution in [0.15, 0.2) is 16.3 Å². The SMILES string of the molecule is CC(O)CNC(=O)Cc1ccc(S(=O)(=O)N2CCCCC2)s1. The van der Waals surface area contributed by atoms with Gasteiger partial charge in [-0.2, -0.15) is 4.31 Å². The molecular weight excluding hydrogens is 324 g/mol. The van der Waals surface area contributed by atoms with Crippen molar-refractivity contribution >= 4 is 27.3 Å². The Morgan fingerprint density at radius 2 is 2.05 bits per heavy atom. The maximum absolute atomic E-state index is 12.5. The molecule has 6 nitrogen and oxygen atoms in total. The first-order valence-corrected chi connectivity index (χ1v) is 9.69. The number of thiophene rings is 1. The second kappa shape index (κ2) is 7.54. The maximum atomic E-state index is 12.5. The lowest BCUT2D eigenvalue weighted by atomic mass is 10.2. The second-order valence-corrected chi connectivity index (χ2v) is 8.85. The molecule has 1 unspecified atom stereocenters. The van der Waals surface area contributed by atoms with Crippen molar-refractivity contribution in [2.75, 3.05) is 19.6 Å². The Balaban J connectivity index is 1.99. The van der Waals surface area contributed by atoms with E-state index in [1.165, 1.54) is 4.31 Å². The zero-order valence-electron chi connectivity index (χ0n) is 12.6. The van der Waals surface area contributed by atoms with E-state index in [2.05, 4.69) is 5.32 Å². The van der Waals surface area contributed by atoms with Crippen LogP contribution >= 0.6 is 11.3 Å². The fourth-order valence-corrected chi connectivity index (χ4v) is 5.33. The van der Waals surface area contributed by atoms with Gasteiger partial charge in [-0.25, -0.2) is 8.42 Å². The maximum Gasteiger partial charge on any atom is 0.252 e. The standard InChI is InChI=1S/C14H22N2O4S2/c1-11(17)10-15-13(18)9-12-5-6-14(21-12)22(19,20)16-7-3-2-4-8-16/h5-6,11,17H,2-4,7-10H2,1H3,(H,15,18). The third-order valence-electron chi connectivity index (χ3n) is 3.48. The summed E-state index contributed by atoms with van der Waals surface area (Å²) in [5, 5.41) is 11.7. The molecule has 1 aliphatic heterocycles. The molecule has 1 fully saturated rings. The molecule has 0 bridgehead atoms. The summed E-state index contributed by atoms with van der Waals surface area (Å²) in [6.07, 6.45) is 2.42. The number of hydrogen-bond donors (Lipinski definition) is 2. The van der Waals surface area contributed by atoms with Gasteiger partial charge < -0.3 is 10.4 Å². The molecule has 0 saturated carbocycles. The number of hydrogen-bond acceptors (Lipinski definition) is 5. The van der Waals surface area contributed by atoms with Crippen LogP contribution < -0.4 is 5.32 Å². The predicted molar refractivity (Wildman–Crippen MR) is 85.3 cm³/mol. The molecule has 0 spiro atoms. The van der Waals surface area contributed by atoms with Crippen molar-refractivity contribution < 1.29 is 18.3 Å². The van der Waals surface area contributed by atoms with Gasteiger partial charge in [0.1, 0.15) is 4.21 Å². The first-order valence-electron chi connectivity index (χ1n) is 7.43. The molecule has 1 aliphatic rings. The van der Waals surface area contributed by atoms with Gasteiger partial charge in [0.2, 0.25) is 5.91 Å². The lowest BCUT2D eigenvalue weighted by Crippen LogP contribution is -2.35. The highest BCUT2D eigenvalue weighted by Crippen LogP contribution is 2.27. The van der Waals surface area contributed by atoms with Crippen LogP contribution in [0, 0.1) is 0 Å². The fourth-order valence-electron chi connectivity index (χ4n) is 2.31. The molecule has 1 atom stereocenters. The molecule has 1 aromatic rings. The zero-order chi connectivity index (χ0) is 16.2. The molecule has 2 rings (SSSR count). The minimum absolute atomic E-state index is 0.132. The van der Waals surface area contributed by atoms with E-state index in [0.29, 0.717) is 22.2 Å². The predicted octanol–water partition coefficient (Wildman–Crippen LogP) is 0.962. The van der Waals surface area contributed by atoms with Crippen LogP contribution in [-0.4, -0.2) is 49.5 Å². The van der Waals surface area contributed by atoms with Gasteiger partial charge in [0.15, 0.2) is 0 Å². The highest BCUT2D eigenvalue weighted by molar-refractivity contribution is 7.91. The Morgan fingerprint density at radius 3 is 2.68 bits per heavy atom. The average molecular weight is 346 g/mol. The second-order valence-electron chi connectivity index (χ2n) is 5.52. The summed E-state index contributed by atoms with van der Waals surface area (Å²) >= 11 is 1.14. The Labute approximate surface area is 135 Å². The van der Waals surface area contributed by atoms with Crippen molar-refractivity contribution in [2.24, 2.45) is 0 Å². The molecule has 1 amide bonds. The number of rotatable bonds is 6. The van der Waals surface area contributed by atoms with Crippen LogP contribution in [0.25, 0.3) is 0 Å². The van der Waals surface area contributed by atoms with E-state index in [4.69, 9.17) is 5.11 Å².